The number of benzene rings is 1. The van der Waals surface area contributed by atoms with E-state index in [-0.39, 0.29) is 5.82 Å². The fourth-order valence-electron chi connectivity index (χ4n) is 1.81. The van der Waals surface area contributed by atoms with Gasteiger partial charge in [0.05, 0.1) is 5.52 Å². The van der Waals surface area contributed by atoms with E-state index in [1.165, 1.54) is 6.07 Å². The molecule has 0 fully saturated rings. The summed E-state index contributed by atoms with van der Waals surface area (Å²) in [5, 5.41) is 0.979. The molecule has 0 bridgehead atoms. The number of hydrogen-bond acceptors (Lipinski definition) is 0. The number of fused-ring (bicyclic) bond motifs is 1. The number of aromatic nitrogens is 1. The average Bonchev–Trinajstić information content (AvgIpc) is 2.50. The molecule has 0 unspecified atom stereocenters. The molecule has 0 spiro atoms. The fourth-order valence-corrected chi connectivity index (χ4v) is 2.44. The van der Waals surface area contributed by atoms with Gasteiger partial charge in [-0.2, -0.15) is 0 Å². The molecule has 3 heteroatoms. The number of hydrogen-bond donors (Lipinski definition) is 0. The van der Waals surface area contributed by atoms with E-state index in [4.69, 9.17) is 0 Å². The van der Waals surface area contributed by atoms with Gasteiger partial charge in [0, 0.05) is 22.6 Å². The quantitative estimate of drug-likeness (QED) is 0.729. The van der Waals surface area contributed by atoms with Gasteiger partial charge in [0.1, 0.15) is 5.82 Å². The first-order chi connectivity index (χ1) is 6.65. The monoisotopic (exact) mass is 255 g/mol. The molecular weight excluding hydrogens is 245 g/mol. The molecule has 2 aromatic rings. The van der Waals surface area contributed by atoms with Crippen LogP contribution in [0.4, 0.5) is 4.39 Å². The van der Waals surface area contributed by atoms with Crippen molar-refractivity contribution in [2.24, 2.45) is 0 Å². The molecule has 0 aliphatic rings. The van der Waals surface area contributed by atoms with Crippen LogP contribution in [-0.4, -0.2) is 4.57 Å². The third-order valence-electron chi connectivity index (χ3n) is 2.45. The molecule has 0 saturated heterocycles. The molecule has 2 rings (SSSR count). The molecule has 0 N–H and O–H groups in total. The van der Waals surface area contributed by atoms with E-state index in [1.54, 1.807) is 6.07 Å². The van der Waals surface area contributed by atoms with Crippen molar-refractivity contribution in [1.82, 2.24) is 4.57 Å². The smallest absolute Gasteiger partial charge is 0.147 e. The summed E-state index contributed by atoms with van der Waals surface area (Å²) in [6.45, 7) is 4.80. The van der Waals surface area contributed by atoms with E-state index < -0.39 is 0 Å². The summed E-state index contributed by atoms with van der Waals surface area (Å²) in [7, 11) is 0. The van der Waals surface area contributed by atoms with Crippen LogP contribution in [-0.2, 0) is 6.54 Å². The maximum absolute atomic E-state index is 13.6. The zero-order valence-corrected chi connectivity index (χ0v) is 9.73. The van der Waals surface area contributed by atoms with Crippen LogP contribution in [0.5, 0.6) is 0 Å². The normalized spacial score (nSPS) is 11.1. The van der Waals surface area contributed by atoms with Crippen molar-refractivity contribution in [3.05, 3.63) is 34.2 Å². The van der Waals surface area contributed by atoms with Gasteiger partial charge < -0.3 is 4.57 Å². The molecule has 0 saturated carbocycles. The molecule has 0 aliphatic heterocycles. The summed E-state index contributed by atoms with van der Waals surface area (Å²) in [5.74, 6) is -0.154. The highest BCUT2D eigenvalue weighted by molar-refractivity contribution is 9.10. The topological polar surface area (TPSA) is 4.93 Å². The standard InChI is InChI=1S/C11H11BrFN/c1-3-14-6-7(2)10-8(12)4-5-9(13)11(10)14/h4-6H,3H2,1-2H3. The van der Waals surface area contributed by atoms with Gasteiger partial charge in [-0.15, -0.1) is 0 Å². The van der Waals surface area contributed by atoms with E-state index >= 15 is 0 Å². The lowest BCUT2D eigenvalue weighted by atomic mass is 10.2. The van der Waals surface area contributed by atoms with Gasteiger partial charge in [0.2, 0.25) is 0 Å². The Morgan fingerprint density at radius 2 is 2.14 bits per heavy atom. The van der Waals surface area contributed by atoms with Crippen LogP contribution in [0.3, 0.4) is 0 Å². The SMILES string of the molecule is CCn1cc(C)c2c(Br)ccc(F)c21. The summed E-state index contributed by atoms with van der Waals surface area (Å²) < 4.78 is 16.5. The highest BCUT2D eigenvalue weighted by atomic mass is 79.9. The number of aryl methyl sites for hydroxylation is 2. The minimum absolute atomic E-state index is 0.154. The van der Waals surface area contributed by atoms with Crippen molar-refractivity contribution in [2.45, 2.75) is 20.4 Å². The Bertz CT molecular complexity index is 487. The second-order valence-electron chi connectivity index (χ2n) is 3.35. The molecule has 14 heavy (non-hydrogen) atoms. The molecule has 1 aromatic heterocycles. The van der Waals surface area contributed by atoms with Crippen molar-refractivity contribution in [3.63, 3.8) is 0 Å². The summed E-state index contributed by atoms with van der Waals surface area (Å²) in [6.07, 6.45) is 1.98. The van der Waals surface area contributed by atoms with Crippen LogP contribution in [0.15, 0.2) is 22.8 Å². The van der Waals surface area contributed by atoms with Crippen LogP contribution in [0.1, 0.15) is 12.5 Å². The predicted octanol–water partition coefficient (Wildman–Crippen LogP) is 3.87. The molecule has 0 atom stereocenters. The first-order valence-corrected chi connectivity index (χ1v) is 5.38. The van der Waals surface area contributed by atoms with E-state index in [0.29, 0.717) is 5.52 Å². The van der Waals surface area contributed by atoms with Crippen molar-refractivity contribution < 1.29 is 4.39 Å². The predicted molar refractivity (Wildman–Crippen MR) is 60.0 cm³/mol. The summed E-state index contributed by atoms with van der Waals surface area (Å²) in [6, 6.07) is 3.25. The van der Waals surface area contributed by atoms with E-state index in [9.17, 15) is 4.39 Å². The average molecular weight is 256 g/mol. The van der Waals surface area contributed by atoms with Crippen LogP contribution in [0.25, 0.3) is 10.9 Å². The van der Waals surface area contributed by atoms with Crippen molar-refractivity contribution in [3.8, 4) is 0 Å². The Hall–Kier alpha value is -0.830. The van der Waals surface area contributed by atoms with Crippen molar-refractivity contribution in [1.29, 1.82) is 0 Å². The van der Waals surface area contributed by atoms with Gasteiger partial charge in [0.25, 0.3) is 0 Å². The highest BCUT2D eigenvalue weighted by Gasteiger charge is 2.11. The third-order valence-corrected chi connectivity index (χ3v) is 3.11. The second kappa shape index (κ2) is 3.39. The second-order valence-corrected chi connectivity index (χ2v) is 4.21. The lowest BCUT2D eigenvalue weighted by Gasteiger charge is -2.02. The number of rotatable bonds is 1. The summed E-state index contributed by atoms with van der Waals surface area (Å²) in [4.78, 5) is 0. The van der Waals surface area contributed by atoms with E-state index in [2.05, 4.69) is 15.9 Å². The molecule has 1 nitrogen and oxygen atoms in total. The molecule has 0 amide bonds. The Balaban J connectivity index is 2.94. The first kappa shape index (κ1) is 9.71. The Morgan fingerprint density at radius 3 is 2.79 bits per heavy atom. The fraction of sp³-hybridized carbons (Fsp3) is 0.273. The zero-order valence-electron chi connectivity index (χ0n) is 8.14. The minimum atomic E-state index is -0.154. The van der Waals surface area contributed by atoms with Crippen LogP contribution in [0, 0.1) is 12.7 Å². The van der Waals surface area contributed by atoms with Crippen LogP contribution in [0.2, 0.25) is 0 Å². The molecule has 1 heterocycles. The van der Waals surface area contributed by atoms with Gasteiger partial charge in [-0.05, 0) is 31.5 Å². The van der Waals surface area contributed by atoms with Gasteiger partial charge in [-0.3, -0.25) is 0 Å². The van der Waals surface area contributed by atoms with Gasteiger partial charge in [-0.25, -0.2) is 4.39 Å². The van der Waals surface area contributed by atoms with Crippen LogP contribution < -0.4 is 0 Å². The number of halogens is 2. The molecular formula is C11H11BrFN. The largest absolute Gasteiger partial charge is 0.345 e. The summed E-state index contributed by atoms with van der Waals surface area (Å²) in [5.41, 5.74) is 1.80. The van der Waals surface area contributed by atoms with Gasteiger partial charge in [-0.1, -0.05) is 15.9 Å². The van der Waals surface area contributed by atoms with Crippen molar-refractivity contribution in [2.75, 3.05) is 0 Å². The maximum atomic E-state index is 13.6. The highest BCUT2D eigenvalue weighted by Crippen LogP contribution is 2.30. The molecule has 74 valence electrons. The van der Waals surface area contributed by atoms with Crippen molar-refractivity contribution >= 4 is 26.8 Å². The van der Waals surface area contributed by atoms with Gasteiger partial charge >= 0.3 is 0 Å². The lowest BCUT2D eigenvalue weighted by Crippen LogP contribution is -1.93. The molecule has 1 aromatic carbocycles. The van der Waals surface area contributed by atoms with Crippen LogP contribution >= 0.6 is 15.9 Å². The maximum Gasteiger partial charge on any atom is 0.147 e. The Labute approximate surface area is 90.7 Å². The minimum Gasteiger partial charge on any atom is -0.345 e. The van der Waals surface area contributed by atoms with E-state index in [0.717, 1.165) is 22.0 Å². The Kier molecular flexibility index (Phi) is 2.35. The van der Waals surface area contributed by atoms with E-state index in [1.807, 2.05) is 24.6 Å². The summed E-state index contributed by atoms with van der Waals surface area (Å²) >= 11 is 3.44. The lowest BCUT2D eigenvalue weighted by molar-refractivity contribution is 0.626. The van der Waals surface area contributed by atoms with Gasteiger partial charge in [0.15, 0.2) is 0 Å². The third kappa shape index (κ3) is 1.27. The first-order valence-electron chi connectivity index (χ1n) is 4.58. The zero-order chi connectivity index (χ0) is 10.3. The molecule has 0 aliphatic carbocycles. The number of nitrogens with zero attached hydrogens (tertiary/aromatic N) is 1. The Morgan fingerprint density at radius 1 is 1.43 bits per heavy atom. The molecule has 0 radical (unpaired) electrons.